The van der Waals surface area contributed by atoms with Gasteiger partial charge in [-0.2, -0.15) is 0 Å². The van der Waals surface area contributed by atoms with Crippen molar-refractivity contribution in [3.8, 4) is 11.3 Å². The SMILES string of the molecule is [2H]C(C)(C)c1ccc(-c2c(C)ccc3c2oc2c4ccccc4ccc32)[n+](C)c1. The third-order valence-electron chi connectivity index (χ3n) is 5.71. The number of furan rings is 1. The van der Waals surface area contributed by atoms with Gasteiger partial charge < -0.3 is 4.42 Å². The summed E-state index contributed by atoms with van der Waals surface area (Å²) < 4.78 is 17.0. The fraction of sp³-hybridized carbons (Fsp3) is 0.192. The Morgan fingerprint density at radius 2 is 1.61 bits per heavy atom. The molecule has 0 spiro atoms. The van der Waals surface area contributed by atoms with Crippen LogP contribution in [0.15, 0.2) is 71.3 Å². The van der Waals surface area contributed by atoms with E-state index >= 15 is 0 Å². The van der Waals surface area contributed by atoms with Gasteiger partial charge in [-0.15, -0.1) is 0 Å². The van der Waals surface area contributed by atoms with Crippen LogP contribution in [0.5, 0.6) is 0 Å². The van der Waals surface area contributed by atoms with E-state index in [-0.39, 0.29) is 0 Å². The van der Waals surface area contributed by atoms with Gasteiger partial charge in [0, 0.05) is 29.2 Å². The van der Waals surface area contributed by atoms with Crippen molar-refractivity contribution in [1.29, 1.82) is 0 Å². The quantitative estimate of drug-likeness (QED) is 0.319. The zero-order valence-corrected chi connectivity index (χ0v) is 16.7. The Hall–Kier alpha value is -3.13. The maximum Gasteiger partial charge on any atom is 0.216 e. The predicted octanol–water partition coefficient (Wildman–Crippen LogP) is 6.66. The minimum absolute atomic E-state index is 0.629. The molecule has 0 bridgehead atoms. The topological polar surface area (TPSA) is 17.0 Å². The Balaban J connectivity index is 1.85. The number of rotatable bonds is 2. The number of hydrogen-bond donors (Lipinski definition) is 0. The standard InChI is InChI=1S/C26H24NO/c1-16(2)19-11-14-23(27(4)15-19)24-17(3)9-12-22-21-13-10-18-7-5-6-8-20(18)25(21)28-26(22)24/h5-16H,1-4H3/q+1/i16D. The second-order valence-electron chi connectivity index (χ2n) is 7.81. The molecule has 2 heterocycles. The van der Waals surface area contributed by atoms with Crippen LogP contribution in [0, 0.1) is 6.92 Å². The lowest BCUT2D eigenvalue weighted by atomic mass is 9.98. The zero-order chi connectivity index (χ0) is 20.3. The summed E-state index contributed by atoms with van der Waals surface area (Å²) in [6, 6.07) is 21.2. The van der Waals surface area contributed by atoms with Gasteiger partial charge in [-0.25, -0.2) is 4.57 Å². The highest BCUT2D eigenvalue weighted by atomic mass is 16.3. The highest BCUT2D eigenvalue weighted by molar-refractivity contribution is 6.17. The average Bonchev–Trinajstić information content (AvgIpc) is 3.07. The number of fused-ring (bicyclic) bond motifs is 5. The van der Waals surface area contributed by atoms with Crippen LogP contribution in [0.2, 0.25) is 0 Å². The van der Waals surface area contributed by atoms with E-state index in [1.54, 1.807) is 0 Å². The van der Waals surface area contributed by atoms with Crippen LogP contribution < -0.4 is 4.57 Å². The average molecular weight is 367 g/mol. The van der Waals surface area contributed by atoms with E-state index in [1.807, 2.05) is 20.9 Å². The van der Waals surface area contributed by atoms with Gasteiger partial charge in [0.25, 0.3) is 0 Å². The van der Waals surface area contributed by atoms with E-state index in [2.05, 4.69) is 78.4 Å². The summed E-state index contributed by atoms with van der Waals surface area (Å²) in [6.45, 7) is 5.96. The molecule has 0 aliphatic heterocycles. The van der Waals surface area contributed by atoms with Crippen LogP contribution >= 0.6 is 0 Å². The molecule has 3 aromatic carbocycles. The first-order valence-electron chi connectivity index (χ1n) is 10.2. The first-order chi connectivity index (χ1) is 13.8. The largest absolute Gasteiger partial charge is 0.454 e. The van der Waals surface area contributed by atoms with Crippen LogP contribution in [-0.2, 0) is 7.05 Å². The second kappa shape index (κ2) is 6.20. The third-order valence-corrected chi connectivity index (χ3v) is 5.71. The van der Waals surface area contributed by atoms with E-state index in [1.165, 1.54) is 10.9 Å². The Morgan fingerprint density at radius 3 is 2.39 bits per heavy atom. The lowest BCUT2D eigenvalue weighted by molar-refractivity contribution is -0.660. The van der Waals surface area contributed by atoms with E-state index in [0.717, 1.165) is 44.1 Å². The van der Waals surface area contributed by atoms with Gasteiger partial charge in [-0.1, -0.05) is 56.3 Å². The fourth-order valence-corrected chi connectivity index (χ4v) is 4.15. The maximum atomic E-state index is 8.34. The molecule has 0 saturated heterocycles. The van der Waals surface area contributed by atoms with Gasteiger partial charge in [-0.3, -0.25) is 0 Å². The van der Waals surface area contributed by atoms with E-state index in [0.29, 0.717) is 0 Å². The predicted molar refractivity (Wildman–Crippen MR) is 117 cm³/mol. The first kappa shape index (κ1) is 15.9. The van der Waals surface area contributed by atoms with Gasteiger partial charge >= 0.3 is 0 Å². The van der Waals surface area contributed by atoms with Crippen LogP contribution in [0.4, 0.5) is 0 Å². The second-order valence-corrected chi connectivity index (χ2v) is 7.81. The van der Waals surface area contributed by atoms with Crippen molar-refractivity contribution in [3.05, 3.63) is 78.0 Å². The molecule has 2 nitrogen and oxygen atoms in total. The molecule has 0 amide bonds. The zero-order valence-electron chi connectivity index (χ0n) is 17.7. The molecule has 0 aliphatic rings. The van der Waals surface area contributed by atoms with Crippen molar-refractivity contribution in [2.75, 3.05) is 0 Å². The molecular weight excluding hydrogens is 342 g/mol. The Labute approximate surface area is 166 Å². The highest BCUT2D eigenvalue weighted by Crippen LogP contribution is 2.39. The molecule has 2 heteroatoms. The van der Waals surface area contributed by atoms with Crippen LogP contribution in [0.1, 0.15) is 32.2 Å². The Bertz CT molecular complexity index is 1410. The van der Waals surface area contributed by atoms with Crippen molar-refractivity contribution < 1.29 is 10.4 Å². The monoisotopic (exact) mass is 367 g/mol. The third kappa shape index (κ3) is 2.45. The molecule has 2 aromatic heterocycles. The molecule has 0 N–H and O–H groups in total. The summed E-state index contributed by atoms with van der Waals surface area (Å²) in [7, 11) is 2.04. The normalized spacial score (nSPS) is 12.8. The summed E-state index contributed by atoms with van der Waals surface area (Å²) in [4.78, 5) is 0. The smallest absolute Gasteiger partial charge is 0.216 e. The summed E-state index contributed by atoms with van der Waals surface area (Å²) in [5.41, 5.74) is 6.23. The van der Waals surface area contributed by atoms with Gasteiger partial charge in [0.1, 0.15) is 18.2 Å². The van der Waals surface area contributed by atoms with Crippen LogP contribution in [-0.4, -0.2) is 0 Å². The van der Waals surface area contributed by atoms with Crippen molar-refractivity contribution in [1.82, 2.24) is 0 Å². The number of aromatic nitrogens is 1. The summed E-state index contributed by atoms with van der Waals surface area (Å²) in [6.07, 6.45) is 2.05. The summed E-state index contributed by atoms with van der Waals surface area (Å²) in [5.74, 6) is -0.629. The lowest BCUT2D eigenvalue weighted by Crippen LogP contribution is -2.31. The fourth-order valence-electron chi connectivity index (χ4n) is 4.15. The van der Waals surface area contributed by atoms with Gasteiger partial charge in [0.2, 0.25) is 5.69 Å². The summed E-state index contributed by atoms with van der Waals surface area (Å²) in [5, 5.41) is 4.60. The minimum atomic E-state index is -0.629. The molecule has 0 saturated carbocycles. The maximum absolute atomic E-state index is 8.34. The van der Waals surface area contributed by atoms with Crippen molar-refractivity contribution in [3.63, 3.8) is 0 Å². The number of hydrogen-bond acceptors (Lipinski definition) is 1. The van der Waals surface area contributed by atoms with Crippen molar-refractivity contribution >= 4 is 32.7 Å². The van der Waals surface area contributed by atoms with E-state index in [4.69, 9.17) is 5.79 Å². The minimum Gasteiger partial charge on any atom is -0.454 e. The molecule has 0 unspecified atom stereocenters. The number of aryl methyl sites for hydroxylation is 2. The number of pyridine rings is 1. The molecule has 5 aromatic rings. The van der Waals surface area contributed by atoms with E-state index < -0.39 is 5.89 Å². The molecule has 0 aliphatic carbocycles. The Morgan fingerprint density at radius 1 is 0.857 bits per heavy atom. The molecule has 28 heavy (non-hydrogen) atoms. The molecule has 0 radical (unpaired) electrons. The van der Waals surface area contributed by atoms with Crippen molar-refractivity contribution in [2.45, 2.75) is 26.7 Å². The van der Waals surface area contributed by atoms with Gasteiger partial charge in [0.05, 0.1) is 5.56 Å². The lowest BCUT2D eigenvalue weighted by Gasteiger charge is -2.08. The molecule has 138 valence electrons. The molecular formula is C26H24NO+. The van der Waals surface area contributed by atoms with E-state index in [9.17, 15) is 0 Å². The van der Waals surface area contributed by atoms with Crippen LogP contribution in [0.25, 0.3) is 44.0 Å². The molecule has 0 fully saturated rings. The van der Waals surface area contributed by atoms with Gasteiger partial charge in [0.15, 0.2) is 6.20 Å². The summed E-state index contributed by atoms with van der Waals surface area (Å²) >= 11 is 0. The van der Waals surface area contributed by atoms with Crippen molar-refractivity contribution in [2.24, 2.45) is 7.05 Å². The molecule has 0 atom stereocenters. The highest BCUT2D eigenvalue weighted by Gasteiger charge is 2.21. The van der Waals surface area contributed by atoms with Crippen LogP contribution in [0.3, 0.4) is 0 Å². The number of nitrogens with zero attached hydrogens (tertiary/aromatic N) is 1. The van der Waals surface area contributed by atoms with Gasteiger partial charge in [-0.05, 0) is 35.9 Å². The number of benzene rings is 3. The first-order valence-corrected chi connectivity index (χ1v) is 9.69. The Kier molecular flexibility index (Phi) is 3.52. The molecule has 5 rings (SSSR count).